The quantitative estimate of drug-likeness (QED) is 0.629. The molecule has 1 heterocycles. The van der Waals surface area contributed by atoms with Crippen molar-refractivity contribution in [2.45, 2.75) is 20.4 Å². The Bertz CT molecular complexity index is 538. The molecule has 2 aromatic rings. The lowest BCUT2D eigenvalue weighted by Gasteiger charge is -2.00. The van der Waals surface area contributed by atoms with Gasteiger partial charge in [-0.3, -0.25) is 0 Å². The van der Waals surface area contributed by atoms with Crippen LogP contribution >= 0.6 is 22.9 Å². The fraction of sp³-hybridized carbons (Fsp3) is 0.286. The molecule has 1 aromatic carbocycles. The topological polar surface area (TPSA) is 12.0 Å². The molecule has 0 aliphatic rings. The van der Waals surface area contributed by atoms with E-state index in [-0.39, 0.29) is 0 Å². The lowest BCUT2D eigenvalue weighted by atomic mass is 10.2. The summed E-state index contributed by atoms with van der Waals surface area (Å²) in [5, 5.41) is 5.45. The highest BCUT2D eigenvalue weighted by Gasteiger charge is 2.08. The molecule has 0 aliphatic carbocycles. The van der Waals surface area contributed by atoms with Crippen LogP contribution in [0.15, 0.2) is 35.9 Å². The van der Waals surface area contributed by atoms with E-state index in [4.69, 9.17) is 11.6 Å². The average Bonchev–Trinajstić information content (AvgIpc) is 2.63. The van der Waals surface area contributed by atoms with Crippen molar-refractivity contribution < 1.29 is 0 Å². The first kappa shape index (κ1) is 12.6. The lowest BCUT2D eigenvalue weighted by molar-refractivity contribution is 0.767. The highest BCUT2D eigenvalue weighted by Crippen LogP contribution is 2.34. The summed E-state index contributed by atoms with van der Waals surface area (Å²) in [5.41, 5.74) is 1.33. The Labute approximate surface area is 111 Å². The Hall–Kier alpha value is -0.830. The van der Waals surface area contributed by atoms with E-state index >= 15 is 0 Å². The molecule has 1 nitrogen and oxygen atoms in total. The monoisotopic (exact) mass is 265 g/mol. The predicted molar refractivity (Wildman–Crippen MR) is 78.0 cm³/mol. The van der Waals surface area contributed by atoms with Gasteiger partial charge in [0, 0.05) is 28.1 Å². The first-order chi connectivity index (χ1) is 8.18. The van der Waals surface area contributed by atoms with E-state index in [1.807, 2.05) is 6.07 Å². The fourth-order valence-corrected chi connectivity index (χ4v) is 3.11. The van der Waals surface area contributed by atoms with Gasteiger partial charge in [0.2, 0.25) is 0 Å². The SMILES string of the molecule is CC(C)=CCNCc1sc2ccccc2c1Cl. The van der Waals surface area contributed by atoms with Crippen molar-refractivity contribution in [2.75, 3.05) is 6.54 Å². The second-order valence-corrected chi connectivity index (χ2v) is 5.76. The van der Waals surface area contributed by atoms with E-state index in [9.17, 15) is 0 Å². The van der Waals surface area contributed by atoms with Gasteiger partial charge in [0.15, 0.2) is 0 Å². The van der Waals surface area contributed by atoms with Crippen LogP contribution in [0, 0.1) is 0 Å². The summed E-state index contributed by atoms with van der Waals surface area (Å²) in [6.07, 6.45) is 2.18. The van der Waals surface area contributed by atoms with Crippen LogP contribution in [0.4, 0.5) is 0 Å². The molecular formula is C14H16ClNS. The average molecular weight is 266 g/mol. The number of benzene rings is 1. The summed E-state index contributed by atoms with van der Waals surface area (Å²) in [6.45, 7) is 5.94. The number of hydrogen-bond donors (Lipinski definition) is 1. The van der Waals surface area contributed by atoms with Crippen molar-refractivity contribution in [1.29, 1.82) is 0 Å². The number of halogens is 1. The molecule has 0 aliphatic heterocycles. The third-order valence-corrected chi connectivity index (χ3v) is 4.26. The second-order valence-electron chi connectivity index (χ2n) is 4.25. The Kier molecular flexibility index (Phi) is 4.21. The second kappa shape index (κ2) is 5.67. The molecule has 1 aromatic heterocycles. The van der Waals surface area contributed by atoms with Gasteiger partial charge in [0.05, 0.1) is 5.02 Å². The smallest absolute Gasteiger partial charge is 0.0636 e. The molecule has 0 bridgehead atoms. The number of thiophene rings is 1. The Balaban J connectivity index is 2.09. The Morgan fingerprint density at radius 3 is 2.82 bits per heavy atom. The molecule has 0 atom stereocenters. The van der Waals surface area contributed by atoms with Gasteiger partial charge in [-0.2, -0.15) is 0 Å². The van der Waals surface area contributed by atoms with E-state index in [2.05, 4.69) is 43.4 Å². The number of allylic oxidation sites excluding steroid dienone is 1. The molecule has 17 heavy (non-hydrogen) atoms. The van der Waals surface area contributed by atoms with Crippen LogP contribution in [0.5, 0.6) is 0 Å². The molecule has 90 valence electrons. The summed E-state index contributed by atoms with van der Waals surface area (Å²) in [5.74, 6) is 0. The number of fused-ring (bicyclic) bond motifs is 1. The minimum atomic E-state index is 0.835. The van der Waals surface area contributed by atoms with Crippen LogP contribution in [-0.4, -0.2) is 6.54 Å². The maximum atomic E-state index is 6.35. The van der Waals surface area contributed by atoms with E-state index in [0.717, 1.165) is 23.5 Å². The number of rotatable bonds is 4. The zero-order valence-corrected chi connectivity index (χ0v) is 11.7. The van der Waals surface area contributed by atoms with Crippen LogP contribution in [0.1, 0.15) is 18.7 Å². The maximum absolute atomic E-state index is 6.35. The van der Waals surface area contributed by atoms with Gasteiger partial charge >= 0.3 is 0 Å². The molecule has 0 unspecified atom stereocenters. The minimum absolute atomic E-state index is 0.835. The largest absolute Gasteiger partial charge is 0.308 e. The van der Waals surface area contributed by atoms with Gasteiger partial charge < -0.3 is 5.32 Å². The Morgan fingerprint density at radius 1 is 1.35 bits per heavy atom. The third kappa shape index (κ3) is 3.09. The molecule has 0 saturated carbocycles. The van der Waals surface area contributed by atoms with Crippen molar-refractivity contribution in [3.8, 4) is 0 Å². The van der Waals surface area contributed by atoms with Crippen LogP contribution in [0.25, 0.3) is 10.1 Å². The van der Waals surface area contributed by atoms with Crippen LogP contribution in [-0.2, 0) is 6.54 Å². The van der Waals surface area contributed by atoms with Gasteiger partial charge in [-0.05, 0) is 19.9 Å². The zero-order valence-electron chi connectivity index (χ0n) is 10.1. The first-order valence-electron chi connectivity index (χ1n) is 5.68. The van der Waals surface area contributed by atoms with E-state index in [0.29, 0.717) is 0 Å². The summed E-state index contributed by atoms with van der Waals surface area (Å²) in [6, 6.07) is 8.27. The zero-order chi connectivity index (χ0) is 12.3. The van der Waals surface area contributed by atoms with Gasteiger partial charge in [-0.15, -0.1) is 11.3 Å². The van der Waals surface area contributed by atoms with E-state index < -0.39 is 0 Å². The van der Waals surface area contributed by atoms with E-state index in [1.54, 1.807) is 11.3 Å². The lowest BCUT2D eigenvalue weighted by Crippen LogP contribution is -2.12. The van der Waals surface area contributed by atoms with Crippen molar-refractivity contribution in [3.05, 3.63) is 45.8 Å². The van der Waals surface area contributed by atoms with Crippen LogP contribution < -0.4 is 5.32 Å². The molecule has 0 saturated heterocycles. The number of hydrogen-bond acceptors (Lipinski definition) is 2. The predicted octanol–water partition coefficient (Wildman–Crippen LogP) is 4.61. The summed E-state index contributed by atoms with van der Waals surface area (Å²) < 4.78 is 1.26. The van der Waals surface area contributed by atoms with Gasteiger partial charge in [-0.25, -0.2) is 0 Å². The highest BCUT2D eigenvalue weighted by molar-refractivity contribution is 7.19. The van der Waals surface area contributed by atoms with Gasteiger partial charge in [0.25, 0.3) is 0 Å². The molecule has 3 heteroatoms. The standard InChI is InChI=1S/C14H16ClNS/c1-10(2)7-8-16-9-13-14(15)11-5-3-4-6-12(11)17-13/h3-7,16H,8-9H2,1-2H3. The summed E-state index contributed by atoms with van der Waals surface area (Å²) in [7, 11) is 0. The Morgan fingerprint density at radius 2 is 2.12 bits per heavy atom. The molecule has 2 rings (SSSR count). The van der Waals surface area contributed by atoms with Crippen molar-refractivity contribution in [2.24, 2.45) is 0 Å². The summed E-state index contributed by atoms with van der Waals surface area (Å²) in [4.78, 5) is 1.22. The van der Waals surface area contributed by atoms with E-state index in [1.165, 1.54) is 15.2 Å². The van der Waals surface area contributed by atoms with Crippen LogP contribution in [0.3, 0.4) is 0 Å². The maximum Gasteiger partial charge on any atom is 0.0636 e. The molecule has 0 amide bonds. The first-order valence-corrected chi connectivity index (χ1v) is 6.88. The third-order valence-electron chi connectivity index (χ3n) is 2.54. The normalized spacial score (nSPS) is 10.8. The highest BCUT2D eigenvalue weighted by atomic mass is 35.5. The van der Waals surface area contributed by atoms with Gasteiger partial charge in [0.1, 0.15) is 0 Å². The summed E-state index contributed by atoms with van der Waals surface area (Å²) >= 11 is 8.12. The minimum Gasteiger partial charge on any atom is -0.308 e. The van der Waals surface area contributed by atoms with Gasteiger partial charge in [-0.1, -0.05) is 41.4 Å². The fourth-order valence-electron chi connectivity index (χ4n) is 1.64. The molecule has 0 spiro atoms. The molecule has 0 fully saturated rings. The molecular weight excluding hydrogens is 250 g/mol. The van der Waals surface area contributed by atoms with Crippen molar-refractivity contribution >= 4 is 33.0 Å². The molecule has 0 radical (unpaired) electrons. The van der Waals surface area contributed by atoms with Crippen molar-refractivity contribution in [3.63, 3.8) is 0 Å². The van der Waals surface area contributed by atoms with Crippen molar-refractivity contribution in [1.82, 2.24) is 5.32 Å². The molecule has 1 N–H and O–H groups in total. The van der Waals surface area contributed by atoms with Crippen LogP contribution in [0.2, 0.25) is 5.02 Å². The number of nitrogens with one attached hydrogen (secondary N) is 1.